The first-order valence-corrected chi connectivity index (χ1v) is 8.05. The second-order valence-electron chi connectivity index (χ2n) is 6.94. The molecule has 1 amide bonds. The van der Waals surface area contributed by atoms with Crippen molar-refractivity contribution >= 4 is 5.91 Å². The summed E-state index contributed by atoms with van der Waals surface area (Å²) in [5, 5.41) is 3.31. The second-order valence-corrected chi connectivity index (χ2v) is 6.94. The summed E-state index contributed by atoms with van der Waals surface area (Å²) in [6.45, 7) is 6.78. The van der Waals surface area contributed by atoms with Crippen LogP contribution in [-0.2, 0) is 4.79 Å². The largest absolute Gasteiger partial charge is 0.353 e. The molecule has 0 aromatic heterocycles. The van der Waals surface area contributed by atoms with Crippen molar-refractivity contribution in [2.75, 3.05) is 20.1 Å². The Bertz CT molecular complexity index is 287. The molecule has 2 rings (SSSR count). The van der Waals surface area contributed by atoms with Crippen molar-refractivity contribution in [1.29, 1.82) is 0 Å². The lowest BCUT2D eigenvalue weighted by Gasteiger charge is -2.33. The van der Waals surface area contributed by atoms with E-state index in [1.54, 1.807) is 0 Å². The number of nitrogens with one attached hydrogen (secondary N) is 1. The van der Waals surface area contributed by atoms with Crippen LogP contribution in [0.25, 0.3) is 0 Å². The highest BCUT2D eigenvalue weighted by atomic mass is 16.1. The number of piperidine rings is 1. The van der Waals surface area contributed by atoms with E-state index in [1.165, 1.54) is 25.7 Å². The third-order valence-corrected chi connectivity index (χ3v) is 5.15. The van der Waals surface area contributed by atoms with E-state index in [9.17, 15) is 4.79 Å². The van der Waals surface area contributed by atoms with Crippen LogP contribution in [0.4, 0.5) is 0 Å². The first-order valence-electron chi connectivity index (χ1n) is 8.05. The standard InChI is InChI=1S/C16H30N2O/c1-12(2)13-4-6-15(7-5-13)17-16(19)14-8-10-18(3)11-9-14/h12-15H,4-11H2,1-3H3,(H,17,19)/t13-,15-. The number of nitrogens with zero attached hydrogens (tertiary/aromatic N) is 1. The van der Waals surface area contributed by atoms with Crippen LogP contribution in [0.15, 0.2) is 0 Å². The Morgan fingerprint density at radius 3 is 2.16 bits per heavy atom. The molecule has 110 valence electrons. The van der Waals surface area contributed by atoms with Crippen molar-refractivity contribution in [2.24, 2.45) is 17.8 Å². The van der Waals surface area contributed by atoms with Crippen LogP contribution in [-0.4, -0.2) is 37.0 Å². The van der Waals surface area contributed by atoms with Gasteiger partial charge in [0, 0.05) is 12.0 Å². The summed E-state index contributed by atoms with van der Waals surface area (Å²) in [6.07, 6.45) is 7.00. The Morgan fingerprint density at radius 1 is 1.05 bits per heavy atom. The molecular formula is C16H30N2O. The quantitative estimate of drug-likeness (QED) is 0.852. The van der Waals surface area contributed by atoms with Gasteiger partial charge in [-0.05, 0) is 70.5 Å². The summed E-state index contributed by atoms with van der Waals surface area (Å²) in [5.41, 5.74) is 0. The molecule has 1 saturated carbocycles. The van der Waals surface area contributed by atoms with Gasteiger partial charge in [-0.3, -0.25) is 4.79 Å². The van der Waals surface area contributed by atoms with E-state index in [0.717, 1.165) is 37.8 Å². The molecule has 19 heavy (non-hydrogen) atoms. The van der Waals surface area contributed by atoms with Crippen molar-refractivity contribution in [3.05, 3.63) is 0 Å². The highest BCUT2D eigenvalue weighted by Gasteiger charge is 2.28. The fourth-order valence-electron chi connectivity index (χ4n) is 3.52. The number of carbonyl (C=O) groups is 1. The lowest BCUT2D eigenvalue weighted by atomic mass is 9.79. The molecule has 2 aliphatic rings. The van der Waals surface area contributed by atoms with Crippen LogP contribution in [0.5, 0.6) is 0 Å². The zero-order valence-electron chi connectivity index (χ0n) is 12.8. The van der Waals surface area contributed by atoms with Gasteiger partial charge in [-0.1, -0.05) is 13.8 Å². The summed E-state index contributed by atoms with van der Waals surface area (Å²) in [4.78, 5) is 14.6. The Morgan fingerprint density at radius 2 is 1.63 bits per heavy atom. The lowest BCUT2D eigenvalue weighted by Crippen LogP contribution is -2.44. The van der Waals surface area contributed by atoms with Crippen molar-refractivity contribution < 1.29 is 4.79 Å². The summed E-state index contributed by atoms with van der Waals surface area (Å²) >= 11 is 0. The van der Waals surface area contributed by atoms with Gasteiger partial charge in [0.15, 0.2) is 0 Å². The molecular weight excluding hydrogens is 236 g/mol. The van der Waals surface area contributed by atoms with E-state index >= 15 is 0 Å². The summed E-state index contributed by atoms with van der Waals surface area (Å²) in [6, 6.07) is 0.446. The maximum Gasteiger partial charge on any atom is 0.223 e. The van der Waals surface area contributed by atoms with Crippen molar-refractivity contribution in [2.45, 2.75) is 58.4 Å². The zero-order valence-corrected chi connectivity index (χ0v) is 12.8. The maximum absolute atomic E-state index is 12.3. The highest BCUT2D eigenvalue weighted by molar-refractivity contribution is 5.79. The first-order chi connectivity index (χ1) is 9.06. The van der Waals surface area contributed by atoms with Crippen LogP contribution < -0.4 is 5.32 Å². The molecule has 0 radical (unpaired) electrons. The molecule has 0 bridgehead atoms. The van der Waals surface area contributed by atoms with E-state index in [0.29, 0.717) is 11.9 Å². The van der Waals surface area contributed by atoms with Gasteiger partial charge in [0.2, 0.25) is 5.91 Å². The van der Waals surface area contributed by atoms with Gasteiger partial charge in [-0.15, -0.1) is 0 Å². The molecule has 0 unspecified atom stereocenters. The summed E-state index contributed by atoms with van der Waals surface area (Å²) in [5.74, 6) is 2.25. The van der Waals surface area contributed by atoms with E-state index in [-0.39, 0.29) is 5.92 Å². The van der Waals surface area contributed by atoms with Crippen molar-refractivity contribution in [1.82, 2.24) is 10.2 Å². The predicted molar refractivity (Wildman–Crippen MR) is 78.9 cm³/mol. The Balaban J connectivity index is 1.72. The third-order valence-electron chi connectivity index (χ3n) is 5.15. The fourth-order valence-corrected chi connectivity index (χ4v) is 3.52. The van der Waals surface area contributed by atoms with Gasteiger partial charge in [0.05, 0.1) is 0 Å². The van der Waals surface area contributed by atoms with Gasteiger partial charge in [-0.25, -0.2) is 0 Å². The fraction of sp³-hybridized carbons (Fsp3) is 0.938. The lowest BCUT2D eigenvalue weighted by molar-refractivity contribution is -0.127. The predicted octanol–water partition coefficient (Wildman–Crippen LogP) is 2.66. The minimum absolute atomic E-state index is 0.263. The number of hydrogen-bond acceptors (Lipinski definition) is 2. The van der Waals surface area contributed by atoms with Crippen LogP contribution in [0.2, 0.25) is 0 Å². The summed E-state index contributed by atoms with van der Waals surface area (Å²) < 4.78 is 0. The topological polar surface area (TPSA) is 32.3 Å². The van der Waals surface area contributed by atoms with Crippen molar-refractivity contribution in [3.8, 4) is 0 Å². The Kier molecular flexibility index (Phi) is 5.26. The van der Waals surface area contributed by atoms with Crippen LogP contribution in [0.3, 0.4) is 0 Å². The van der Waals surface area contributed by atoms with Gasteiger partial charge < -0.3 is 10.2 Å². The average Bonchev–Trinajstić information content (AvgIpc) is 2.40. The molecule has 3 nitrogen and oxygen atoms in total. The molecule has 0 spiro atoms. The van der Waals surface area contributed by atoms with E-state index in [2.05, 4.69) is 31.1 Å². The molecule has 0 aromatic rings. The van der Waals surface area contributed by atoms with E-state index in [1.807, 2.05) is 0 Å². The zero-order chi connectivity index (χ0) is 13.8. The van der Waals surface area contributed by atoms with Gasteiger partial charge in [0.25, 0.3) is 0 Å². The van der Waals surface area contributed by atoms with Crippen molar-refractivity contribution in [3.63, 3.8) is 0 Å². The molecule has 3 heteroatoms. The number of carbonyl (C=O) groups excluding carboxylic acids is 1. The van der Waals surface area contributed by atoms with Crippen LogP contribution in [0.1, 0.15) is 52.4 Å². The van der Waals surface area contributed by atoms with Crippen LogP contribution >= 0.6 is 0 Å². The molecule has 1 heterocycles. The van der Waals surface area contributed by atoms with Gasteiger partial charge in [-0.2, -0.15) is 0 Å². The van der Waals surface area contributed by atoms with E-state index < -0.39 is 0 Å². The first kappa shape index (κ1) is 14.8. The maximum atomic E-state index is 12.3. The molecule has 0 aromatic carbocycles. The molecule has 2 fully saturated rings. The normalized spacial score (nSPS) is 30.5. The van der Waals surface area contributed by atoms with Gasteiger partial charge >= 0.3 is 0 Å². The van der Waals surface area contributed by atoms with E-state index in [4.69, 9.17) is 0 Å². The molecule has 1 aliphatic heterocycles. The van der Waals surface area contributed by atoms with Gasteiger partial charge in [0.1, 0.15) is 0 Å². The molecule has 1 N–H and O–H groups in total. The minimum Gasteiger partial charge on any atom is -0.353 e. The SMILES string of the molecule is CC(C)[C@H]1CC[C@H](NC(=O)C2CCN(C)CC2)CC1. The smallest absolute Gasteiger partial charge is 0.223 e. The Hall–Kier alpha value is -0.570. The number of rotatable bonds is 3. The molecule has 1 saturated heterocycles. The van der Waals surface area contributed by atoms with Crippen LogP contribution in [0, 0.1) is 17.8 Å². The summed E-state index contributed by atoms with van der Waals surface area (Å²) in [7, 11) is 2.14. The Labute approximate surface area is 118 Å². The molecule has 1 aliphatic carbocycles. The number of amides is 1. The number of hydrogen-bond donors (Lipinski definition) is 1. The highest BCUT2D eigenvalue weighted by Crippen LogP contribution is 2.30. The average molecular weight is 266 g/mol. The number of likely N-dealkylation sites (tertiary alicyclic amines) is 1. The minimum atomic E-state index is 0.263. The molecule has 0 atom stereocenters. The second kappa shape index (κ2) is 6.74. The monoisotopic (exact) mass is 266 g/mol. The third kappa shape index (κ3) is 4.20.